The molecule has 7 heteroatoms. The van der Waals surface area contributed by atoms with Crippen molar-refractivity contribution >= 4 is 41.3 Å². The Morgan fingerprint density at radius 3 is 2.68 bits per heavy atom. The van der Waals surface area contributed by atoms with Gasteiger partial charge < -0.3 is 14.6 Å². The van der Waals surface area contributed by atoms with E-state index in [0.29, 0.717) is 6.54 Å². The number of furan rings is 1. The van der Waals surface area contributed by atoms with Crippen molar-refractivity contribution in [2.24, 2.45) is 4.99 Å². The van der Waals surface area contributed by atoms with E-state index in [1.54, 1.807) is 17.6 Å². The summed E-state index contributed by atoms with van der Waals surface area (Å²) in [5, 5.41) is 6.69. The van der Waals surface area contributed by atoms with E-state index in [4.69, 9.17) is 9.41 Å². The van der Waals surface area contributed by atoms with E-state index in [1.165, 1.54) is 5.56 Å². The molecule has 0 aliphatic carbocycles. The van der Waals surface area contributed by atoms with Gasteiger partial charge in [0.2, 0.25) is 0 Å². The van der Waals surface area contributed by atoms with Crippen LogP contribution in [0.2, 0.25) is 0 Å². The smallest absolute Gasteiger partial charge is 0.194 e. The fourth-order valence-corrected chi connectivity index (χ4v) is 3.40. The number of thiazole rings is 1. The summed E-state index contributed by atoms with van der Waals surface area (Å²) < 4.78 is 5.40. The molecule has 0 aliphatic heterocycles. The highest BCUT2D eigenvalue weighted by Crippen LogP contribution is 2.10. The van der Waals surface area contributed by atoms with Crippen LogP contribution in [0, 0.1) is 6.92 Å². The zero-order chi connectivity index (χ0) is 18.9. The summed E-state index contributed by atoms with van der Waals surface area (Å²) in [5.41, 5.74) is 2.39. The minimum absolute atomic E-state index is 0. The number of aryl methyl sites for hydroxylation is 1. The molecule has 0 saturated heterocycles. The molecule has 3 rings (SSSR count). The molecule has 0 fully saturated rings. The van der Waals surface area contributed by atoms with Crippen LogP contribution in [0.1, 0.15) is 22.0 Å². The molecule has 1 aromatic carbocycles. The summed E-state index contributed by atoms with van der Waals surface area (Å²) in [6.07, 6.45) is 3.46. The van der Waals surface area contributed by atoms with E-state index in [2.05, 4.69) is 51.9 Å². The van der Waals surface area contributed by atoms with E-state index < -0.39 is 0 Å². The molecule has 0 radical (unpaired) electrons. The van der Waals surface area contributed by atoms with Crippen LogP contribution < -0.4 is 5.32 Å². The van der Waals surface area contributed by atoms with Crippen LogP contribution in [-0.4, -0.2) is 36.0 Å². The lowest BCUT2D eigenvalue weighted by atomic mass is 10.1. The maximum atomic E-state index is 5.40. The van der Waals surface area contributed by atoms with Gasteiger partial charge in [-0.2, -0.15) is 0 Å². The Balaban J connectivity index is 0.00000280. The Hall–Kier alpha value is -1.87. The quantitative estimate of drug-likeness (QED) is 0.275. The third-order valence-corrected chi connectivity index (χ3v) is 4.99. The van der Waals surface area contributed by atoms with E-state index in [1.807, 2.05) is 25.1 Å². The fourth-order valence-electron chi connectivity index (χ4n) is 2.80. The van der Waals surface area contributed by atoms with Crippen molar-refractivity contribution in [2.75, 3.05) is 20.1 Å². The number of hydrogen-bond acceptors (Lipinski definition) is 4. The van der Waals surface area contributed by atoms with E-state index >= 15 is 0 Å². The normalized spacial score (nSPS) is 11.1. The summed E-state index contributed by atoms with van der Waals surface area (Å²) in [5.74, 6) is 1.85. The Bertz CT molecular complexity index is 833. The molecule has 150 valence electrons. The molecular weight excluding hydrogens is 483 g/mol. The van der Waals surface area contributed by atoms with Crippen LogP contribution in [0.15, 0.2) is 63.5 Å². The van der Waals surface area contributed by atoms with Crippen LogP contribution in [0.3, 0.4) is 0 Å². The zero-order valence-electron chi connectivity index (χ0n) is 16.3. The molecule has 0 unspecified atom stereocenters. The predicted octanol–water partition coefficient (Wildman–Crippen LogP) is 4.53. The van der Waals surface area contributed by atoms with Gasteiger partial charge in [-0.1, -0.05) is 30.3 Å². The predicted molar refractivity (Wildman–Crippen MR) is 127 cm³/mol. The average Bonchev–Trinajstić information content (AvgIpc) is 3.33. The molecule has 0 saturated carbocycles. The van der Waals surface area contributed by atoms with Crippen LogP contribution >= 0.6 is 35.3 Å². The van der Waals surface area contributed by atoms with Gasteiger partial charge in [0.05, 0.1) is 23.5 Å². The molecule has 3 aromatic rings. The minimum atomic E-state index is 0. The average molecular weight is 510 g/mol. The monoisotopic (exact) mass is 510 g/mol. The van der Waals surface area contributed by atoms with E-state index in [0.717, 1.165) is 48.4 Å². The van der Waals surface area contributed by atoms with Crippen LogP contribution in [0.5, 0.6) is 0 Å². The molecule has 28 heavy (non-hydrogen) atoms. The second-order valence-corrected chi connectivity index (χ2v) is 7.47. The number of guanidine groups is 1. The molecule has 2 aromatic heterocycles. The van der Waals surface area contributed by atoms with Gasteiger partial charge in [0.15, 0.2) is 5.96 Å². The third-order valence-electron chi connectivity index (χ3n) is 4.17. The molecular formula is C21H27IN4OS. The molecule has 0 bridgehead atoms. The lowest BCUT2D eigenvalue weighted by molar-refractivity contribution is 0.467. The SMILES string of the molecule is Cc1nc(CN(C)C(=NCCc2ccco2)NCCc2ccccc2)cs1.I. The Morgan fingerprint density at radius 2 is 2.00 bits per heavy atom. The number of benzene rings is 1. The second-order valence-electron chi connectivity index (χ2n) is 6.41. The maximum Gasteiger partial charge on any atom is 0.194 e. The summed E-state index contributed by atoms with van der Waals surface area (Å²) in [6, 6.07) is 14.4. The number of nitrogens with zero attached hydrogens (tertiary/aromatic N) is 3. The minimum Gasteiger partial charge on any atom is -0.469 e. The zero-order valence-corrected chi connectivity index (χ0v) is 19.4. The Kier molecular flexibility index (Phi) is 9.49. The first-order valence-corrected chi connectivity index (χ1v) is 10.1. The van der Waals surface area contributed by atoms with Crippen molar-refractivity contribution < 1.29 is 4.42 Å². The fraction of sp³-hybridized carbons (Fsp3) is 0.333. The highest BCUT2D eigenvalue weighted by Gasteiger charge is 2.09. The molecule has 5 nitrogen and oxygen atoms in total. The van der Waals surface area contributed by atoms with Crippen molar-refractivity contribution in [1.82, 2.24) is 15.2 Å². The first kappa shape index (κ1) is 22.4. The molecule has 2 heterocycles. The van der Waals surface area contributed by atoms with Crippen molar-refractivity contribution in [3.63, 3.8) is 0 Å². The highest BCUT2D eigenvalue weighted by atomic mass is 127. The van der Waals surface area contributed by atoms with Gasteiger partial charge in [0.1, 0.15) is 5.76 Å². The molecule has 0 spiro atoms. The molecule has 0 aliphatic rings. The van der Waals surface area contributed by atoms with Crippen molar-refractivity contribution in [1.29, 1.82) is 0 Å². The lowest BCUT2D eigenvalue weighted by Crippen LogP contribution is -2.39. The van der Waals surface area contributed by atoms with Gasteiger partial charge in [0, 0.05) is 31.9 Å². The van der Waals surface area contributed by atoms with Gasteiger partial charge >= 0.3 is 0 Å². The summed E-state index contributed by atoms with van der Waals surface area (Å²) >= 11 is 1.68. The molecule has 1 N–H and O–H groups in total. The van der Waals surface area contributed by atoms with Crippen LogP contribution in [-0.2, 0) is 19.4 Å². The third kappa shape index (κ3) is 7.27. The highest BCUT2D eigenvalue weighted by molar-refractivity contribution is 14.0. The van der Waals surface area contributed by atoms with E-state index in [-0.39, 0.29) is 24.0 Å². The van der Waals surface area contributed by atoms with Gasteiger partial charge in [0.25, 0.3) is 0 Å². The number of aliphatic imine (C=N–C) groups is 1. The Morgan fingerprint density at radius 1 is 1.18 bits per heavy atom. The number of halogens is 1. The van der Waals surface area contributed by atoms with Gasteiger partial charge in [-0.3, -0.25) is 4.99 Å². The summed E-state index contributed by atoms with van der Waals surface area (Å²) in [4.78, 5) is 11.5. The van der Waals surface area contributed by atoms with Crippen molar-refractivity contribution in [2.45, 2.75) is 26.3 Å². The first-order valence-electron chi connectivity index (χ1n) is 9.17. The lowest BCUT2D eigenvalue weighted by Gasteiger charge is -2.22. The summed E-state index contributed by atoms with van der Waals surface area (Å²) in [7, 11) is 2.05. The van der Waals surface area contributed by atoms with Gasteiger partial charge in [-0.25, -0.2) is 4.98 Å². The standard InChI is InChI=1S/C21H26N4OS.HI/c1-17-24-19(16-27-17)15-25(2)21(23-13-11-20-9-6-14-26-20)22-12-10-18-7-4-3-5-8-18;/h3-9,14,16H,10-13,15H2,1-2H3,(H,22,23);1H. The molecule has 0 atom stereocenters. The van der Waals surface area contributed by atoms with E-state index in [9.17, 15) is 0 Å². The van der Waals surface area contributed by atoms with Crippen LogP contribution in [0.4, 0.5) is 0 Å². The molecule has 0 amide bonds. The number of rotatable bonds is 8. The maximum absolute atomic E-state index is 5.40. The van der Waals surface area contributed by atoms with Gasteiger partial charge in [-0.05, 0) is 31.0 Å². The number of aromatic nitrogens is 1. The first-order chi connectivity index (χ1) is 13.2. The van der Waals surface area contributed by atoms with Crippen LogP contribution in [0.25, 0.3) is 0 Å². The number of nitrogens with one attached hydrogen (secondary N) is 1. The van der Waals surface area contributed by atoms with Gasteiger partial charge in [-0.15, -0.1) is 35.3 Å². The topological polar surface area (TPSA) is 53.7 Å². The summed E-state index contributed by atoms with van der Waals surface area (Å²) in [6.45, 7) is 4.29. The van der Waals surface area contributed by atoms with Crippen molar-refractivity contribution in [3.8, 4) is 0 Å². The van der Waals surface area contributed by atoms with Crippen molar-refractivity contribution in [3.05, 3.63) is 76.1 Å². The number of hydrogen-bond donors (Lipinski definition) is 1. The largest absolute Gasteiger partial charge is 0.469 e. The second kappa shape index (κ2) is 11.9. The Labute approximate surface area is 187 Å².